The number of hydrogen-bond donors (Lipinski definition) is 3. The zero-order valence-electron chi connectivity index (χ0n) is 10.5. The molecule has 4 N–H and O–H groups in total. The fraction of sp³-hybridized carbons (Fsp3) is 0.500. The summed E-state index contributed by atoms with van der Waals surface area (Å²) in [6, 6.07) is 6.37. The van der Waals surface area contributed by atoms with E-state index in [2.05, 4.69) is 4.72 Å². The molecule has 102 valence electrons. The van der Waals surface area contributed by atoms with Crippen LogP contribution in [0.15, 0.2) is 29.2 Å². The van der Waals surface area contributed by atoms with E-state index in [1.54, 1.807) is 18.2 Å². The zero-order chi connectivity index (χ0) is 13.6. The van der Waals surface area contributed by atoms with Gasteiger partial charge in [-0.2, -0.15) is 0 Å². The summed E-state index contributed by atoms with van der Waals surface area (Å²) in [4.78, 5) is 0.111. The lowest BCUT2D eigenvalue weighted by molar-refractivity contribution is 0.228. The number of rotatable bonds is 7. The van der Waals surface area contributed by atoms with E-state index in [1.807, 2.05) is 6.92 Å². The van der Waals surface area contributed by atoms with Gasteiger partial charge >= 0.3 is 0 Å². The molecule has 0 saturated carbocycles. The van der Waals surface area contributed by atoms with Crippen LogP contribution in [-0.2, 0) is 10.0 Å². The maximum Gasteiger partial charge on any atom is 0.242 e. The van der Waals surface area contributed by atoms with E-state index >= 15 is 0 Å². The third-order valence-corrected chi connectivity index (χ3v) is 4.22. The molecule has 0 heterocycles. The lowest BCUT2D eigenvalue weighted by Gasteiger charge is -2.10. The Hall–Kier alpha value is -1.11. The van der Waals surface area contributed by atoms with Gasteiger partial charge in [-0.25, -0.2) is 13.1 Å². The second-order valence-corrected chi connectivity index (χ2v) is 6.10. The maximum atomic E-state index is 11.9. The number of aliphatic hydroxyl groups excluding tert-OH is 1. The molecular formula is C12H20N2O3S. The molecule has 0 saturated heterocycles. The number of benzene rings is 1. The van der Waals surface area contributed by atoms with Crippen LogP contribution in [0.4, 0.5) is 5.69 Å². The molecule has 18 heavy (non-hydrogen) atoms. The second-order valence-electron chi connectivity index (χ2n) is 4.37. The zero-order valence-corrected chi connectivity index (χ0v) is 11.3. The molecule has 0 aliphatic heterocycles. The first kappa shape index (κ1) is 14.9. The molecule has 0 bridgehead atoms. The van der Waals surface area contributed by atoms with Crippen molar-refractivity contribution in [2.75, 3.05) is 18.9 Å². The minimum Gasteiger partial charge on any atom is -0.398 e. The molecule has 0 radical (unpaired) electrons. The van der Waals surface area contributed by atoms with Gasteiger partial charge in [0.1, 0.15) is 4.90 Å². The summed E-state index contributed by atoms with van der Waals surface area (Å²) in [5.74, 6) is 0.191. The molecule has 0 aromatic heterocycles. The monoisotopic (exact) mass is 272 g/mol. The number of aliphatic hydroxyl groups is 1. The van der Waals surface area contributed by atoms with Crippen LogP contribution < -0.4 is 10.5 Å². The Morgan fingerprint density at radius 1 is 1.39 bits per heavy atom. The summed E-state index contributed by atoms with van der Waals surface area (Å²) in [6.45, 7) is 2.39. The summed E-state index contributed by atoms with van der Waals surface area (Å²) in [5.41, 5.74) is 5.87. The largest absolute Gasteiger partial charge is 0.398 e. The summed E-state index contributed by atoms with van der Waals surface area (Å²) in [6.07, 6.45) is 1.47. The second kappa shape index (κ2) is 6.72. The van der Waals surface area contributed by atoms with Crippen LogP contribution in [0, 0.1) is 5.92 Å². The quantitative estimate of drug-likeness (QED) is 0.509. The van der Waals surface area contributed by atoms with Gasteiger partial charge < -0.3 is 10.8 Å². The Labute approximate surface area is 108 Å². The van der Waals surface area contributed by atoms with E-state index in [4.69, 9.17) is 10.8 Å². The highest BCUT2D eigenvalue weighted by Gasteiger charge is 2.15. The fourth-order valence-corrected chi connectivity index (χ4v) is 2.76. The Kier molecular flexibility index (Phi) is 5.58. The molecule has 1 atom stereocenters. The van der Waals surface area contributed by atoms with Crippen molar-refractivity contribution >= 4 is 15.7 Å². The van der Waals surface area contributed by atoms with Gasteiger partial charge in [0.2, 0.25) is 10.0 Å². The van der Waals surface area contributed by atoms with E-state index in [1.165, 1.54) is 6.07 Å². The van der Waals surface area contributed by atoms with Crippen molar-refractivity contribution in [1.29, 1.82) is 0 Å². The Morgan fingerprint density at radius 2 is 2.06 bits per heavy atom. The number of nitrogens with two attached hydrogens (primary N) is 1. The third kappa shape index (κ3) is 4.29. The van der Waals surface area contributed by atoms with Crippen molar-refractivity contribution in [3.05, 3.63) is 24.3 Å². The van der Waals surface area contributed by atoms with Crippen molar-refractivity contribution in [2.45, 2.75) is 24.7 Å². The highest BCUT2D eigenvalue weighted by atomic mass is 32.2. The topological polar surface area (TPSA) is 92.4 Å². The predicted octanol–water partition coefficient (Wildman–Crippen LogP) is 0.956. The molecule has 5 nitrogen and oxygen atoms in total. The van der Waals surface area contributed by atoms with Crippen LogP contribution >= 0.6 is 0 Å². The minimum atomic E-state index is -3.53. The highest BCUT2D eigenvalue weighted by Crippen LogP contribution is 2.16. The molecule has 1 aromatic carbocycles. The maximum absolute atomic E-state index is 11.9. The van der Waals surface area contributed by atoms with Crippen molar-refractivity contribution in [2.24, 2.45) is 5.92 Å². The van der Waals surface area contributed by atoms with E-state index < -0.39 is 10.0 Å². The molecular weight excluding hydrogens is 252 g/mol. The van der Waals surface area contributed by atoms with Gasteiger partial charge in [0.15, 0.2) is 0 Å². The lowest BCUT2D eigenvalue weighted by atomic mass is 10.1. The van der Waals surface area contributed by atoms with E-state index in [9.17, 15) is 8.42 Å². The normalized spacial score (nSPS) is 13.4. The standard InChI is InChI=1S/C12H20N2O3S/c1-10(9-15)5-4-8-14-18(16,17)12-7-3-2-6-11(12)13/h2-3,6-7,10,14-15H,4-5,8-9,13H2,1H3. The number of sulfonamides is 1. The molecule has 0 fully saturated rings. The van der Waals surface area contributed by atoms with Crippen molar-refractivity contribution in [3.8, 4) is 0 Å². The summed E-state index contributed by atoms with van der Waals surface area (Å²) >= 11 is 0. The van der Waals surface area contributed by atoms with E-state index in [-0.39, 0.29) is 23.1 Å². The third-order valence-electron chi connectivity index (χ3n) is 2.69. The summed E-state index contributed by atoms with van der Waals surface area (Å²) in [7, 11) is -3.53. The van der Waals surface area contributed by atoms with Gasteiger partial charge in [0.05, 0.1) is 5.69 Å². The number of hydrogen-bond acceptors (Lipinski definition) is 4. The van der Waals surface area contributed by atoms with Crippen molar-refractivity contribution < 1.29 is 13.5 Å². The van der Waals surface area contributed by atoms with Crippen molar-refractivity contribution in [3.63, 3.8) is 0 Å². The first-order valence-corrected chi connectivity index (χ1v) is 7.40. The number of para-hydroxylation sites is 1. The smallest absolute Gasteiger partial charge is 0.242 e. The first-order chi connectivity index (χ1) is 8.47. The molecule has 1 unspecified atom stereocenters. The number of nitrogens with one attached hydrogen (secondary N) is 1. The van der Waals surface area contributed by atoms with Gasteiger partial charge in [0.25, 0.3) is 0 Å². The Balaban J connectivity index is 2.54. The molecule has 0 aliphatic carbocycles. The SMILES string of the molecule is CC(CO)CCCNS(=O)(=O)c1ccccc1N. The van der Waals surface area contributed by atoms with Gasteiger partial charge in [-0.15, -0.1) is 0 Å². The van der Waals surface area contributed by atoms with E-state index in [0.717, 1.165) is 6.42 Å². The number of nitrogen functional groups attached to an aromatic ring is 1. The molecule has 0 amide bonds. The van der Waals surface area contributed by atoms with Crippen molar-refractivity contribution in [1.82, 2.24) is 4.72 Å². The lowest BCUT2D eigenvalue weighted by Crippen LogP contribution is -2.26. The van der Waals surface area contributed by atoms with Gasteiger partial charge in [-0.3, -0.25) is 0 Å². The van der Waals surface area contributed by atoms with Crippen LogP contribution in [0.2, 0.25) is 0 Å². The average Bonchev–Trinajstić information content (AvgIpc) is 2.34. The highest BCUT2D eigenvalue weighted by molar-refractivity contribution is 7.89. The predicted molar refractivity (Wildman–Crippen MR) is 71.5 cm³/mol. The fourth-order valence-electron chi connectivity index (χ4n) is 1.55. The summed E-state index contributed by atoms with van der Waals surface area (Å²) < 4.78 is 26.4. The molecule has 1 rings (SSSR count). The van der Waals surface area contributed by atoms with Gasteiger partial charge in [-0.1, -0.05) is 19.1 Å². The van der Waals surface area contributed by atoms with Gasteiger partial charge in [0, 0.05) is 13.2 Å². The van der Waals surface area contributed by atoms with Crippen LogP contribution in [-0.4, -0.2) is 26.7 Å². The Bertz CT molecular complexity index is 474. The molecule has 0 aliphatic rings. The van der Waals surface area contributed by atoms with E-state index in [0.29, 0.717) is 13.0 Å². The first-order valence-electron chi connectivity index (χ1n) is 5.92. The van der Waals surface area contributed by atoms with Gasteiger partial charge in [-0.05, 0) is 30.9 Å². The van der Waals surface area contributed by atoms with Crippen LogP contribution in [0.3, 0.4) is 0 Å². The number of anilines is 1. The molecule has 6 heteroatoms. The van der Waals surface area contributed by atoms with Crippen LogP contribution in [0.5, 0.6) is 0 Å². The Morgan fingerprint density at radius 3 is 2.67 bits per heavy atom. The average molecular weight is 272 g/mol. The summed E-state index contributed by atoms with van der Waals surface area (Å²) in [5, 5.41) is 8.85. The minimum absolute atomic E-state index is 0.111. The molecule has 1 aromatic rings. The van der Waals surface area contributed by atoms with Crippen LogP contribution in [0.25, 0.3) is 0 Å². The molecule has 0 spiro atoms. The van der Waals surface area contributed by atoms with Crippen LogP contribution in [0.1, 0.15) is 19.8 Å².